The predicted octanol–water partition coefficient (Wildman–Crippen LogP) is 3.16. The molecular formula is C20H24N2O3. The molecule has 0 radical (unpaired) electrons. The first-order valence-corrected chi connectivity index (χ1v) is 8.61. The number of aryl methyl sites for hydroxylation is 1. The van der Waals surface area contributed by atoms with E-state index in [0.29, 0.717) is 12.3 Å². The molecule has 1 fully saturated rings. The molecule has 1 saturated heterocycles. The number of benzene rings is 2. The molecule has 1 atom stereocenters. The zero-order valence-electron chi connectivity index (χ0n) is 14.5. The normalized spacial score (nSPS) is 16.2. The number of morpholine rings is 1. The zero-order chi connectivity index (χ0) is 17.5. The minimum atomic E-state index is -0.434. The molecule has 3 rings (SSSR count). The maximum Gasteiger partial charge on any atom is 0.412 e. The van der Waals surface area contributed by atoms with E-state index in [-0.39, 0.29) is 6.04 Å². The topological polar surface area (TPSA) is 50.8 Å². The smallest absolute Gasteiger partial charge is 0.410 e. The summed E-state index contributed by atoms with van der Waals surface area (Å²) in [5.74, 6) is 0.540. The van der Waals surface area contributed by atoms with Crippen LogP contribution in [0.15, 0.2) is 54.6 Å². The average Bonchev–Trinajstić information content (AvgIpc) is 2.65. The summed E-state index contributed by atoms with van der Waals surface area (Å²) in [6, 6.07) is 17.6. The molecule has 5 nitrogen and oxygen atoms in total. The third-order valence-electron chi connectivity index (χ3n) is 4.34. The lowest BCUT2D eigenvalue weighted by atomic mass is 10.0. The summed E-state index contributed by atoms with van der Waals surface area (Å²) in [7, 11) is 0. The number of para-hydroxylation sites is 1. The lowest BCUT2D eigenvalue weighted by Crippen LogP contribution is -2.44. The van der Waals surface area contributed by atoms with Gasteiger partial charge in [0.1, 0.15) is 5.75 Å². The van der Waals surface area contributed by atoms with Crippen molar-refractivity contribution < 1.29 is 14.3 Å². The highest BCUT2D eigenvalue weighted by atomic mass is 16.6. The van der Waals surface area contributed by atoms with Crippen molar-refractivity contribution in [2.24, 2.45) is 0 Å². The van der Waals surface area contributed by atoms with Crippen LogP contribution in [0, 0.1) is 6.92 Å². The quantitative estimate of drug-likeness (QED) is 0.908. The molecular weight excluding hydrogens is 316 g/mol. The summed E-state index contributed by atoms with van der Waals surface area (Å²) in [6.45, 7) is 5.72. The number of carbonyl (C=O) groups is 1. The molecule has 0 saturated carbocycles. The lowest BCUT2D eigenvalue weighted by molar-refractivity contribution is 0.0164. The van der Waals surface area contributed by atoms with Gasteiger partial charge in [-0.1, -0.05) is 48.0 Å². The van der Waals surface area contributed by atoms with Gasteiger partial charge in [0, 0.05) is 19.6 Å². The molecule has 1 aliphatic heterocycles. The standard InChI is InChI=1S/C20H24N2O3/c1-16-7-9-17(10-8-16)19(22-11-13-24-14-12-22)15-21-20(23)25-18-5-3-2-4-6-18/h2-10,19H,11-15H2,1H3,(H,21,23). The number of hydrogen-bond acceptors (Lipinski definition) is 4. The van der Waals surface area contributed by atoms with Gasteiger partial charge in [-0.2, -0.15) is 0 Å². The van der Waals surface area contributed by atoms with Crippen molar-refractivity contribution >= 4 is 6.09 Å². The molecule has 25 heavy (non-hydrogen) atoms. The molecule has 1 heterocycles. The van der Waals surface area contributed by atoms with Gasteiger partial charge in [0.05, 0.1) is 19.3 Å². The summed E-state index contributed by atoms with van der Waals surface area (Å²) >= 11 is 0. The van der Waals surface area contributed by atoms with Crippen LogP contribution in [-0.2, 0) is 4.74 Å². The van der Waals surface area contributed by atoms with Crippen molar-refractivity contribution in [2.75, 3.05) is 32.8 Å². The fourth-order valence-corrected chi connectivity index (χ4v) is 2.95. The first-order chi connectivity index (χ1) is 12.2. The Bertz CT molecular complexity index is 667. The average molecular weight is 340 g/mol. The number of ether oxygens (including phenoxy) is 2. The van der Waals surface area contributed by atoms with Gasteiger partial charge in [-0.05, 0) is 24.6 Å². The number of rotatable bonds is 5. The van der Waals surface area contributed by atoms with Crippen LogP contribution >= 0.6 is 0 Å². The van der Waals surface area contributed by atoms with Crippen LogP contribution < -0.4 is 10.1 Å². The number of carbonyl (C=O) groups excluding carboxylic acids is 1. The van der Waals surface area contributed by atoms with E-state index in [0.717, 1.165) is 26.3 Å². The second kappa shape index (κ2) is 8.65. The Morgan fingerprint density at radius 3 is 2.48 bits per heavy atom. The van der Waals surface area contributed by atoms with Crippen molar-refractivity contribution in [3.8, 4) is 5.75 Å². The van der Waals surface area contributed by atoms with Crippen LogP contribution in [0.1, 0.15) is 17.2 Å². The van der Waals surface area contributed by atoms with Gasteiger partial charge in [0.25, 0.3) is 0 Å². The molecule has 2 aromatic rings. The van der Waals surface area contributed by atoms with E-state index in [1.165, 1.54) is 11.1 Å². The van der Waals surface area contributed by atoms with E-state index < -0.39 is 6.09 Å². The Morgan fingerprint density at radius 1 is 1.12 bits per heavy atom. The second-order valence-electron chi connectivity index (χ2n) is 6.16. The van der Waals surface area contributed by atoms with E-state index in [4.69, 9.17) is 9.47 Å². The summed E-state index contributed by atoms with van der Waals surface area (Å²) in [5.41, 5.74) is 2.41. The molecule has 0 spiro atoms. The van der Waals surface area contributed by atoms with Crippen molar-refractivity contribution in [3.05, 3.63) is 65.7 Å². The van der Waals surface area contributed by atoms with Crippen LogP contribution in [-0.4, -0.2) is 43.8 Å². The van der Waals surface area contributed by atoms with Gasteiger partial charge in [-0.25, -0.2) is 4.79 Å². The van der Waals surface area contributed by atoms with Crippen LogP contribution in [0.5, 0.6) is 5.75 Å². The van der Waals surface area contributed by atoms with E-state index >= 15 is 0 Å². The summed E-state index contributed by atoms with van der Waals surface area (Å²) in [5, 5.41) is 2.90. The van der Waals surface area contributed by atoms with Gasteiger partial charge < -0.3 is 14.8 Å². The van der Waals surface area contributed by atoms with Gasteiger partial charge in [0.2, 0.25) is 0 Å². The van der Waals surface area contributed by atoms with Crippen LogP contribution in [0.25, 0.3) is 0 Å². The zero-order valence-corrected chi connectivity index (χ0v) is 14.5. The molecule has 1 unspecified atom stereocenters. The molecule has 0 aliphatic carbocycles. The first kappa shape index (κ1) is 17.5. The number of amides is 1. The summed E-state index contributed by atoms with van der Waals surface area (Å²) < 4.78 is 10.8. The minimum absolute atomic E-state index is 0.104. The van der Waals surface area contributed by atoms with Crippen LogP contribution in [0.2, 0.25) is 0 Å². The van der Waals surface area contributed by atoms with Gasteiger partial charge in [-0.3, -0.25) is 4.90 Å². The monoisotopic (exact) mass is 340 g/mol. The number of hydrogen-bond donors (Lipinski definition) is 1. The molecule has 1 N–H and O–H groups in total. The third-order valence-corrected chi connectivity index (χ3v) is 4.34. The largest absolute Gasteiger partial charge is 0.412 e. The van der Waals surface area contributed by atoms with Crippen molar-refractivity contribution in [1.29, 1.82) is 0 Å². The van der Waals surface area contributed by atoms with E-state index in [2.05, 4.69) is 41.4 Å². The Kier molecular flexibility index (Phi) is 6.04. The Hall–Kier alpha value is -2.37. The summed E-state index contributed by atoms with van der Waals surface area (Å²) in [6.07, 6.45) is -0.434. The van der Waals surface area contributed by atoms with Crippen LogP contribution in [0.3, 0.4) is 0 Å². The molecule has 5 heteroatoms. The van der Waals surface area contributed by atoms with Gasteiger partial charge >= 0.3 is 6.09 Å². The maximum absolute atomic E-state index is 12.1. The number of nitrogens with zero attached hydrogens (tertiary/aromatic N) is 1. The lowest BCUT2D eigenvalue weighted by Gasteiger charge is -2.34. The fourth-order valence-electron chi connectivity index (χ4n) is 2.95. The SMILES string of the molecule is Cc1ccc(C(CNC(=O)Oc2ccccc2)N2CCOCC2)cc1. The van der Waals surface area contributed by atoms with E-state index in [1.54, 1.807) is 12.1 Å². The first-order valence-electron chi connectivity index (χ1n) is 8.61. The molecule has 2 aromatic carbocycles. The van der Waals surface area contributed by atoms with Crippen molar-refractivity contribution in [2.45, 2.75) is 13.0 Å². The fraction of sp³-hybridized carbons (Fsp3) is 0.350. The molecule has 1 amide bonds. The third kappa shape index (κ3) is 5.05. The minimum Gasteiger partial charge on any atom is -0.410 e. The highest BCUT2D eigenvalue weighted by molar-refractivity contribution is 5.70. The predicted molar refractivity (Wildman–Crippen MR) is 96.8 cm³/mol. The highest BCUT2D eigenvalue weighted by Gasteiger charge is 2.23. The van der Waals surface area contributed by atoms with E-state index in [1.807, 2.05) is 18.2 Å². The summed E-state index contributed by atoms with van der Waals surface area (Å²) in [4.78, 5) is 14.5. The van der Waals surface area contributed by atoms with Gasteiger partial charge in [-0.15, -0.1) is 0 Å². The van der Waals surface area contributed by atoms with Crippen LogP contribution in [0.4, 0.5) is 4.79 Å². The van der Waals surface area contributed by atoms with Gasteiger partial charge in [0.15, 0.2) is 0 Å². The maximum atomic E-state index is 12.1. The number of nitrogens with one attached hydrogen (secondary N) is 1. The van der Waals surface area contributed by atoms with Crippen molar-refractivity contribution in [1.82, 2.24) is 10.2 Å². The van der Waals surface area contributed by atoms with Crippen molar-refractivity contribution in [3.63, 3.8) is 0 Å². The molecule has 0 aromatic heterocycles. The second-order valence-corrected chi connectivity index (χ2v) is 6.16. The molecule has 0 bridgehead atoms. The highest BCUT2D eigenvalue weighted by Crippen LogP contribution is 2.22. The van der Waals surface area contributed by atoms with E-state index in [9.17, 15) is 4.79 Å². The Balaban J connectivity index is 1.64. The Labute approximate surface area is 148 Å². The Morgan fingerprint density at radius 2 is 1.80 bits per heavy atom. The molecule has 132 valence electrons. The molecule has 1 aliphatic rings.